The van der Waals surface area contributed by atoms with Crippen LogP contribution in [-0.2, 0) is 25.7 Å². The number of fused-ring (bicyclic) bond motifs is 1. The van der Waals surface area contributed by atoms with Crippen LogP contribution < -0.4 is 5.32 Å². The number of aliphatic carboxylic acids is 2. The molecule has 0 saturated carbocycles. The quantitative estimate of drug-likeness (QED) is 0.514. The summed E-state index contributed by atoms with van der Waals surface area (Å²) in [6.07, 6.45) is -8.27. The fourth-order valence-corrected chi connectivity index (χ4v) is 3.05. The van der Waals surface area contributed by atoms with Gasteiger partial charge >= 0.3 is 24.3 Å². The predicted octanol–water partition coefficient (Wildman–Crippen LogP) is 1.18. The largest absolute Gasteiger partial charge is 0.490 e. The molecule has 1 amide bonds. The average Bonchev–Trinajstić information content (AvgIpc) is 3.37. The third-order valence-corrected chi connectivity index (χ3v) is 4.56. The van der Waals surface area contributed by atoms with Gasteiger partial charge in [-0.15, -0.1) is 0 Å². The number of furan rings is 1. The Morgan fingerprint density at radius 1 is 1.09 bits per heavy atom. The standard InChI is InChI=1S/C14H21N3O3.2C2HF3O2/c1-15-14(18)10-17-4-6-20-13-9-16(8-12(13)17)7-11-3-2-5-19-11;2*3-2(4,5)1(6)7/h2-3,5,12-13H,4,6-10H2,1H3,(H,15,18);2*(H,6,7)/t12-,13+;;/m1../s1. The molecule has 194 valence electrons. The SMILES string of the molecule is CNC(=O)CN1CCO[C@H]2CN(Cc3ccco3)C[C@H]21.O=C(O)C(F)(F)F.O=C(O)C(F)(F)F. The van der Waals surface area contributed by atoms with Crippen LogP contribution in [0, 0.1) is 0 Å². The van der Waals surface area contributed by atoms with Gasteiger partial charge in [0.15, 0.2) is 0 Å². The Bertz CT molecular complexity index is 777. The van der Waals surface area contributed by atoms with Gasteiger partial charge in [-0.1, -0.05) is 0 Å². The van der Waals surface area contributed by atoms with Crippen molar-refractivity contribution >= 4 is 17.8 Å². The fraction of sp³-hybridized carbons (Fsp3) is 0.611. The molecule has 0 aliphatic carbocycles. The monoisotopic (exact) mass is 507 g/mol. The molecule has 0 aromatic carbocycles. The summed E-state index contributed by atoms with van der Waals surface area (Å²) in [5, 5.41) is 16.9. The molecule has 1 aromatic rings. The van der Waals surface area contributed by atoms with Crippen molar-refractivity contribution < 1.29 is 60.1 Å². The number of likely N-dealkylation sites (tertiary alicyclic amines) is 1. The second-order valence-electron chi connectivity index (χ2n) is 7.00. The molecule has 16 heteroatoms. The van der Waals surface area contributed by atoms with Gasteiger partial charge < -0.3 is 24.7 Å². The number of carboxylic acids is 2. The molecule has 0 spiro atoms. The van der Waals surface area contributed by atoms with E-state index in [1.807, 2.05) is 12.1 Å². The van der Waals surface area contributed by atoms with E-state index in [1.165, 1.54) is 0 Å². The lowest BCUT2D eigenvalue weighted by Crippen LogP contribution is -2.53. The van der Waals surface area contributed by atoms with Crippen molar-refractivity contribution in [2.75, 3.05) is 39.8 Å². The molecule has 2 fully saturated rings. The molecule has 1 aromatic heterocycles. The number of rotatable bonds is 4. The van der Waals surface area contributed by atoms with Gasteiger partial charge in [0.2, 0.25) is 5.91 Å². The number of nitrogens with one attached hydrogen (secondary N) is 1. The van der Waals surface area contributed by atoms with Gasteiger partial charge in [0.05, 0.1) is 38.1 Å². The van der Waals surface area contributed by atoms with E-state index in [-0.39, 0.29) is 12.0 Å². The third-order valence-electron chi connectivity index (χ3n) is 4.56. The highest BCUT2D eigenvalue weighted by atomic mass is 19.4. The summed E-state index contributed by atoms with van der Waals surface area (Å²) < 4.78 is 74.7. The van der Waals surface area contributed by atoms with Gasteiger partial charge in [-0.2, -0.15) is 26.3 Å². The van der Waals surface area contributed by atoms with Gasteiger partial charge in [-0.3, -0.25) is 14.6 Å². The molecule has 2 aliphatic heterocycles. The molecule has 0 radical (unpaired) electrons. The van der Waals surface area contributed by atoms with Crippen LogP contribution in [0.4, 0.5) is 26.3 Å². The van der Waals surface area contributed by atoms with Crippen molar-refractivity contribution in [2.45, 2.75) is 31.0 Å². The maximum absolute atomic E-state index is 11.6. The van der Waals surface area contributed by atoms with Crippen LogP contribution in [0.1, 0.15) is 5.76 Å². The number of amides is 1. The summed E-state index contributed by atoms with van der Waals surface area (Å²) in [5.74, 6) is -4.48. The van der Waals surface area contributed by atoms with Crippen molar-refractivity contribution in [1.29, 1.82) is 0 Å². The molecule has 2 aliphatic rings. The molecule has 2 atom stereocenters. The zero-order chi connectivity index (χ0) is 26.1. The van der Waals surface area contributed by atoms with E-state index in [0.29, 0.717) is 19.2 Å². The first-order chi connectivity index (χ1) is 15.6. The first-order valence-electron chi connectivity index (χ1n) is 9.56. The lowest BCUT2D eigenvalue weighted by molar-refractivity contribution is -0.193. The lowest BCUT2D eigenvalue weighted by Gasteiger charge is -2.36. The number of hydrogen-bond acceptors (Lipinski definition) is 7. The maximum atomic E-state index is 11.6. The van der Waals surface area contributed by atoms with Gasteiger partial charge in [-0.05, 0) is 12.1 Å². The highest BCUT2D eigenvalue weighted by molar-refractivity contribution is 5.77. The lowest BCUT2D eigenvalue weighted by atomic mass is 10.1. The number of halogens is 6. The van der Waals surface area contributed by atoms with Crippen LogP contribution in [0.2, 0.25) is 0 Å². The van der Waals surface area contributed by atoms with Crippen molar-refractivity contribution in [2.24, 2.45) is 0 Å². The van der Waals surface area contributed by atoms with E-state index >= 15 is 0 Å². The minimum atomic E-state index is -5.08. The molecule has 0 bridgehead atoms. The van der Waals surface area contributed by atoms with Gasteiger partial charge in [0, 0.05) is 26.7 Å². The normalized spacial score (nSPS) is 20.8. The Labute approximate surface area is 189 Å². The van der Waals surface area contributed by atoms with Crippen molar-refractivity contribution in [3.05, 3.63) is 24.2 Å². The molecule has 2 saturated heterocycles. The number of carbonyl (C=O) groups is 3. The number of alkyl halides is 6. The Kier molecular flexibility index (Phi) is 10.8. The minimum Gasteiger partial charge on any atom is -0.475 e. The van der Waals surface area contributed by atoms with Crippen molar-refractivity contribution in [1.82, 2.24) is 15.1 Å². The smallest absolute Gasteiger partial charge is 0.475 e. The Morgan fingerprint density at radius 3 is 2.09 bits per heavy atom. The second kappa shape index (κ2) is 12.6. The summed E-state index contributed by atoms with van der Waals surface area (Å²) in [6, 6.07) is 4.20. The first kappa shape index (κ1) is 29.2. The zero-order valence-corrected chi connectivity index (χ0v) is 17.7. The molecule has 3 heterocycles. The van der Waals surface area contributed by atoms with E-state index in [2.05, 4.69) is 15.1 Å². The Hall–Kier alpha value is -2.85. The van der Waals surface area contributed by atoms with Gasteiger partial charge in [0.25, 0.3) is 0 Å². The van der Waals surface area contributed by atoms with E-state index in [9.17, 15) is 31.1 Å². The summed E-state index contributed by atoms with van der Waals surface area (Å²) >= 11 is 0. The molecular weight excluding hydrogens is 484 g/mol. The van der Waals surface area contributed by atoms with E-state index < -0.39 is 24.3 Å². The second-order valence-corrected chi connectivity index (χ2v) is 7.00. The highest BCUT2D eigenvalue weighted by Gasteiger charge is 2.41. The minimum absolute atomic E-state index is 0.0649. The number of hydrogen-bond donors (Lipinski definition) is 3. The first-order valence-corrected chi connectivity index (χ1v) is 9.56. The number of nitrogens with zero attached hydrogens (tertiary/aromatic N) is 2. The number of carbonyl (C=O) groups excluding carboxylic acids is 1. The summed E-state index contributed by atoms with van der Waals surface area (Å²) in [7, 11) is 1.68. The Morgan fingerprint density at radius 2 is 1.65 bits per heavy atom. The molecule has 0 unspecified atom stereocenters. The number of carboxylic acid groups (broad SMARTS) is 2. The molecule has 3 N–H and O–H groups in total. The van der Waals surface area contributed by atoms with Crippen LogP contribution in [0.15, 0.2) is 22.8 Å². The van der Waals surface area contributed by atoms with Crippen molar-refractivity contribution in [3.63, 3.8) is 0 Å². The zero-order valence-electron chi connectivity index (χ0n) is 17.7. The van der Waals surface area contributed by atoms with Crippen molar-refractivity contribution in [3.8, 4) is 0 Å². The van der Waals surface area contributed by atoms with Gasteiger partial charge in [0.1, 0.15) is 5.76 Å². The molecule has 10 nitrogen and oxygen atoms in total. The average molecular weight is 507 g/mol. The van der Waals surface area contributed by atoms with E-state index in [0.717, 1.165) is 31.9 Å². The van der Waals surface area contributed by atoms with Crippen LogP contribution in [0.25, 0.3) is 0 Å². The number of likely N-dealkylation sites (N-methyl/N-ethyl adjacent to an activating group) is 1. The molecule has 3 rings (SSSR count). The summed E-state index contributed by atoms with van der Waals surface area (Å²) in [4.78, 5) is 33.9. The number of ether oxygens (including phenoxy) is 1. The maximum Gasteiger partial charge on any atom is 0.490 e. The van der Waals surface area contributed by atoms with Gasteiger partial charge in [-0.25, -0.2) is 9.59 Å². The van der Waals surface area contributed by atoms with E-state index in [4.69, 9.17) is 29.0 Å². The van der Waals surface area contributed by atoms with Crippen LogP contribution in [0.3, 0.4) is 0 Å². The highest BCUT2D eigenvalue weighted by Crippen LogP contribution is 2.24. The van der Waals surface area contributed by atoms with Crippen LogP contribution >= 0.6 is 0 Å². The third kappa shape index (κ3) is 9.96. The van der Waals surface area contributed by atoms with Crippen LogP contribution in [0.5, 0.6) is 0 Å². The molecular formula is C18H23F6N3O7. The predicted molar refractivity (Wildman–Crippen MR) is 101 cm³/mol. The fourth-order valence-electron chi connectivity index (χ4n) is 3.05. The number of morpholine rings is 1. The summed E-state index contributed by atoms with van der Waals surface area (Å²) in [5.41, 5.74) is 0. The molecule has 34 heavy (non-hydrogen) atoms. The topological polar surface area (TPSA) is 133 Å². The summed E-state index contributed by atoms with van der Waals surface area (Å²) in [6.45, 7) is 4.60. The van der Waals surface area contributed by atoms with Crippen LogP contribution in [-0.4, -0.2) is 102 Å². The Balaban J connectivity index is 0.000000343. The van der Waals surface area contributed by atoms with E-state index in [1.54, 1.807) is 13.3 Å².